The summed E-state index contributed by atoms with van der Waals surface area (Å²) in [6.07, 6.45) is 0.544. The molecule has 4 rings (SSSR count). The van der Waals surface area contributed by atoms with Crippen molar-refractivity contribution in [1.82, 2.24) is 15.1 Å². The van der Waals surface area contributed by atoms with Crippen molar-refractivity contribution in [1.29, 1.82) is 0 Å². The van der Waals surface area contributed by atoms with Gasteiger partial charge in [0.2, 0.25) is 10.9 Å². The number of aromatic nitrogens is 2. The van der Waals surface area contributed by atoms with Crippen molar-refractivity contribution in [2.75, 3.05) is 5.32 Å². The van der Waals surface area contributed by atoms with E-state index >= 15 is 0 Å². The number of hydrogen-bond acceptors (Lipinski definition) is 6. The molecule has 0 spiro atoms. The van der Waals surface area contributed by atoms with E-state index in [-0.39, 0.29) is 10.8 Å². The van der Waals surface area contributed by atoms with Gasteiger partial charge < -0.3 is 11.1 Å². The van der Waals surface area contributed by atoms with Gasteiger partial charge in [-0.3, -0.25) is 14.5 Å². The summed E-state index contributed by atoms with van der Waals surface area (Å²) in [6.45, 7) is 0.934. The number of amides is 2. The van der Waals surface area contributed by atoms with Gasteiger partial charge in [-0.05, 0) is 41.8 Å². The third kappa shape index (κ3) is 4.30. The number of carbonyl (C=O) groups is 2. The van der Waals surface area contributed by atoms with E-state index in [0.717, 1.165) is 22.5 Å². The summed E-state index contributed by atoms with van der Waals surface area (Å²) in [5, 5.41) is 11.5. The summed E-state index contributed by atoms with van der Waals surface area (Å²) in [5.41, 5.74) is 8.34. The van der Waals surface area contributed by atoms with Crippen LogP contribution in [0.1, 0.15) is 25.9 Å². The van der Waals surface area contributed by atoms with E-state index in [2.05, 4.69) is 15.5 Å². The molecule has 7 nitrogen and oxygen atoms in total. The second kappa shape index (κ2) is 8.06. The lowest BCUT2D eigenvalue weighted by Crippen LogP contribution is -2.48. The third-order valence-corrected chi connectivity index (χ3v) is 5.68. The predicted molar refractivity (Wildman–Crippen MR) is 107 cm³/mol. The van der Waals surface area contributed by atoms with E-state index in [1.54, 1.807) is 0 Å². The van der Waals surface area contributed by atoms with Crippen LogP contribution in [-0.4, -0.2) is 33.0 Å². The van der Waals surface area contributed by atoms with Gasteiger partial charge in [0, 0.05) is 12.2 Å². The largest absolute Gasteiger partial charge is 0.368 e. The lowest BCUT2D eigenvalue weighted by atomic mass is 9.93. The molecular formula is C20H18FN5O2S. The molecule has 1 aliphatic rings. The van der Waals surface area contributed by atoms with Gasteiger partial charge in [-0.25, -0.2) is 4.39 Å². The van der Waals surface area contributed by atoms with Crippen molar-refractivity contribution < 1.29 is 14.0 Å². The summed E-state index contributed by atoms with van der Waals surface area (Å²) in [6, 6.07) is 13.0. The molecule has 0 radical (unpaired) electrons. The van der Waals surface area contributed by atoms with Crippen molar-refractivity contribution in [2.24, 2.45) is 5.73 Å². The zero-order valence-electron chi connectivity index (χ0n) is 15.3. The van der Waals surface area contributed by atoms with Crippen LogP contribution in [0.15, 0.2) is 48.5 Å². The van der Waals surface area contributed by atoms with Gasteiger partial charge >= 0.3 is 0 Å². The van der Waals surface area contributed by atoms with Gasteiger partial charge in [-0.15, -0.1) is 10.2 Å². The molecule has 29 heavy (non-hydrogen) atoms. The number of benzene rings is 2. The lowest BCUT2D eigenvalue weighted by Gasteiger charge is -2.34. The van der Waals surface area contributed by atoms with E-state index in [4.69, 9.17) is 5.73 Å². The SMILES string of the molecule is NC(=O)C1Cc2ccccc2CN1Cc1nnc(C(=O)Nc2ccc(F)cc2)s1. The first kappa shape index (κ1) is 19.2. The molecule has 0 saturated heterocycles. The van der Waals surface area contributed by atoms with Gasteiger partial charge in [-0.1, -0.05) is 35.6 Å². The van der Waals surface area contributed by atoms with Gasteiger partial charge in [0.25, 0.3) is 5.91 Å². The van der Waals surface area contributed by atoms with Crippen LogP contribution < -0.4 is 11.1 Å². The molecule has 1 atom stereocenters. The van der Waals surface area contributed by atoms with Crippen LogP contribution in [0.25, 0.3) is 0 Å². The Hall–Kier alpha value is -3.17. The normalized spacial score (nSPS) is 16.2. The van der Waals surface area contributed by atoms with Crippen molar-refractivity contribution in [3.8, 4) is 0 Å². The number of carbonyl (C=O) groups excluding carboxylic acids is 2. The molecule has 2 heterocycles. The van der Waals surface area contributed by atoms with Gasteiger partial charge in [0.15, 0.2) is 0 Å². The number of primary amides is 1. The number of nitrogens with two attached hydrogens (primary N) is 1. The van der Waals surface area contributed by atoms with Crippen LogP contribution in [-0.2, 0) is 24.3 Å². The monoisotopic (exact) mass is 411 g/mol. The molecule has 1 unspecified atom stereocenters. The molecule has 2 amide bonds. The minimum absolute atomic E-state index is 0.192. The zero-order chi connectivity index (χ0) is 20.4. The molecule has 0 bridgehead atoms. The summed E-state index contributed by atoms with van der Waals surface area (Å²) < 4.78 is 13.0. The van der Waals surface area contributed by atoms with Gasteiger partial charge in [-0.2, -0.15) is 0 Å². The Morgan fingerprint density at radius 1 is 1.14 bits per heavy atom. The first-order chi connectivity index (χ1) is 14.0. The number of nitrogens with one attached hydrogen (secondary N) is 1. The molecule has 3 N–H and O–H groups in total. The number of anilines is 1. The van der Waals surface area contributed by atoms with E-state index < -0.39 is 17.9 Å². The van der Waals surface area contributed by atoms with Crippen LogP contribution in [0.4, 0.5) is 10.1 Å². The molecule has 1 aliphatic heterocycles. The average molecular weight is 411 g/mol. The van der Waals surface area contributed by atoms with E-state index in [9.17, 15) is 14.0 Å². The number of fused-ring (bicyclic) bond motifs is 1. The maximum absolute atomic E-state index is 13.0. The fourth-order valence-corrected chi connectivity index (χ4v) is 4.09. The molecule has 0 saturated carbocycles. The maximum atomic E-state index is 13.0. The first-order valence-corrected chi connectivity index (χ1v) is 9.80. The van der Waals surface area contributed by atoms with E-state index in [1.807, 2.05) is 29.2 Å². The molecule has 3 aromatic rings. The Kier molecular flexibility index (Phi) is 5.32. The van der Waals surface area contributed by atoms with Crippen LogP contribution in [0, 0.1) is 5.82 Å². The number of halogens is 1. The summed E-state index contributed by atoms with van der Waals surface area (Å²) in [7, 11) is 0. The van der Waals surface area contributed by atoms with E-state index in [1.165, 1.54) is 24.3 Å². The van der Waals surface area contributed by atoms with Crippen molar-refractivity contribution in [3.63, 3.8) is 0 Å². The number of nitrogens with zero attached hydrogens (tertiary/aromatic N) is 3. The fraction of sp³-hybridized carbons (Fsp3) is 0.200. The Morgan fingerprint density at radius 3 is 2.59 bits per heavy atom. The zero-order valence-corrected chi connectivity index (χ0v) is 16.2. The van der Waals surface area contributed by atoms with Crippen LogP contribution in [0.5, 0.6) is 0 Å². The van der Waals surface area contributed by atoms with Crippen LogP contribution in [0.2, 0.25) is 0 Å². The molecule has 2 aromatic carbocycles. The fourth-order valence-electron chi connectivity index (χ4n) is 3.32. The second-order valence-electron chi connectivity index (χ2n) is 6.76. The quantitative estimate of drug-likeness (QED) is 0.671. The highest BCUT2D eigenvalue weighted by Crippen LogP contribution is 2.26. The Labute approximate surface area is 170 Å². The maximum Gasteiger partial charge on any atom is 0.286 e. The van der Waals surface area contributed by atoms with Crippen molar-refractivity contribution in [3.05, 3.63) is 75.5 Å². The predicted octanol–water partition coefficient (Wildman–Crippen LogP) is 2.34. The smallest absolute Gasteiger partial charge is 0.286 e. The standard InChI is InChI=1S/C20H18FN5O2S/c21-14-5-7-15(8-6-14)23-19(28)20-25-24-17(29-20)11-26-10-13-4-2-1-3-12(13)9-16(26)18(22)27/h1-8,16H,9-11H2,(H2,22,27)(H,23,28). The topological polar surface area (TPSA) is 101 Å². The molecule has 0 aliphatic carbocycles. The van der Waals surface area contributed by atoms with E-state index in [0.29, 0.717) is 30.2 Å². The lowest BCUT2D eigenvalue weighted by molar-refractivity contribution is -0.124. The van der Waals surface area contributed by atoms with Gasteiger partial charge in [0.05, 0.1) is 12.6 Å². The van der Waals surface area contributed by atoms with Crippen LogP contribution >= 0.6 is 11.3 Å². The minimum Gasteiger partial charge on any atom is -0.368 e. The van der Waals surface area contributed by atoms with Crippen LogP contribution in [0.3, 0.4) is 0 Å². The molecule has 1 aromatic heterocycles. The van der Waals surface area contributed by atoms with Crippen molar-refractivity contribution in [2.45, 2.75) is 25.6 Å². The molecule has 148 valence electrons. The highest BCUT2D eigenvalue weighted by Gasteiger charge is 2.30. The third-order valence-electron chi connectivity index (χ3n) is 4.78. The van der Waals surface area contributed by atoms with Crippen molar-refractivity contribution >= 4 is 28.8 Å². The molecular weight excluding hydrogens is 393 g/mol. The summed E-state index contributed by atoms with van der Waals surface area (Å²) >= 11 is 1.15. The van der Waals surface area contributed by atoms with Gasteiger partial charge in [0.1, 0.15) is 10.8 Å². The summed E-state index contributed by atoms with van der Waals surface area (Å²) in [5.74, 6) is -1.19. The Balaban J connectivity index is 1.47. The number of rotatable bonds is 5. The molecule has 0 fully saturated rings. The number of hydrogen-bond donors (Lipinski definition) is 2. The second-order valence-corrected chi connectivity index (χ2v) is 7.82. The average Bonchev–Trinajstić information content (AvgIpc) is 3.18. The summed E-state index contributed by atoms with van der Waals surface area (Å²) in [4.78, 5) is 26.3. The first-order valence-electron chi connectivity index (χ1n) is 8.99. The molecule has 9 heteroatoms. The minimum atomic E-state index is -0.440. The highest BCUT2D eigenvalue weighted by molar-refractivity contribution is 7.13. The highest BCUT2D eigenvalue weighted by atomic mass is 32.1. The Bertz CT molecular complexity index is 1050. The Morgan fingerprint density at radius 2 is 1.86 bits per heavy atom.